The van der Waals surface area contributed by atoms with E-state index in [1.165, 1.54) is 51.7 Å². The molecule has 2 atom stereocenters. The Kier molecular flexibility index (Phi) is 4.11. The fourth-order valence-corrected chi connectivity index (χ4v) is 3.61. The van der Waals surface area contributed by atoms with Crippen LogP contribution in [0.1, 0.15) is 39.0 Å². The molecule has 2 unspecified atom stereocenters. The first-order chi connectivity index (χ1) is 8.00. The molecule has 0 aromatic heterocycles. The average molecular weight is 239 g/mol. The monoisotopic (exact) mass is 239 g/mol. The Balaban J connectivity index is 1.77. The van der Waals surface area contributed by atoms with Crippen LogP contribution in [0, 0.1) is 5.92 Å². The molecule has 1 aliphatic heterocycles. The van der Waals surface area contributed by atoms with E-state index >= 15 is 0 Å². The van der Waals surface area contributed by atoms with E-state index in [1.54, 1.807) is 0 Å². The highest BCUT2D eigenvalue weighted by Gasteiger charge is 2.34. The fraction of sp³-hybridized carbons (Fsp3) is 1.00. The van der Waals surface area contributed by atoms with Gasteiger partial charge in [-0.25, -0.2) is 0 Å². The first-order valence-corrected chi connectivity index (χ1v) is 7.18. The predicted octanol–water partition coefficient (Wildman–Crippen LogP) is 1.53. The van der Waals surface area contributed by atoms with Gasteiger partial charge in [-0.05, 0) is 45.8 Å². The second-order valence-electron chi connectivity index (χ2n) is 6.59. The van der Waals surface area contributed by atoms with Crippen LogP contribution in [0.15, 0.2) is 0 Å². The Morgan fingerprint density at radius 3 is 2.41 bits per heavy atom. The molecule has 0 aromatic rings. The van der Waals surface area contributed by atoms with E-state index in [2.05, 4.69) is 30.8 Å². The fourth-order valence-electron chi connectivity index (χ4n) is 3.61. The molecule has 0 aromatic carbocycles. The second kappa shape index (κ2) is 5.25. The maximum Gasteiger partial charge on any atom is 0.0254 e. The quantitative estimate of drug-likeness (QED) is 0.807. The first-order valence-electron chi connectivity index (χ1n) is 7.18. The third kappa shape index (κ3) is 3.21. The van der Waals surface area contributed by atoms with Gasteiger partial charge in [0.1, 0.15) is 0 Å². The molecular weight excluding hydrogens is 210 g/mol. The Hall–Kier alpha value is -0.120. The molecule has 0 radical (unpaired) electrons. The average Bonchev–Trinajstić information content (AvgIpc) is 2.83. The molecule has 0 spiro atoms. The maximum absolute atomic E-state index is 6.43. The molecular formula is C14H29N3. The topological polar surface area (TPSA) is 32.5 Å². The van der Waals surface area contributed by atoms with Crippen LogP contribution in [0.5, 0.6) is 0 Å². The maximum atomic E-state index is 6.43. The van der Waals surface area contributed by atoms with Crippen LogP contribution in [-0.4, -0.2) is 55.1 Å². The molecule has 2 fully saturated rings. The van der Waals surface area contributed by atoms with E-state index in [9.17, 15) is 0 Å². The van der Waals surface area contributed by atoms with E-state index in [1.807, 2.05) is 0 Å². The zero-order valence-corrected chi connectivity index (χ0v) is 11.8. The van der Waals surface area contributed by atoms with E-state index in [4.69, 9.17) is 5.73 Å². The lowest BCUT2D eigenvalue weighted by atomic mass is 9.94. The van der Waals surface area contributed by atoms with Crippen molar-refractivity contribution in [1.29, 1.82) is 0 Å². The lowest BCUT2D eigenvalue weighted by Gasteiger charge is -2.27. The van der Waals surface area contributed by atoms with Gasteiger partial charge in [0, 0.05) is 24.7 Å². The minimum absolute atomic E-state index is 0.166. The van der Waals surface area contributed by atoms with Crippen LogP contribution in [-0.2, 0) is 0 Å². The number of nitrogens with two attached hydrogens (primary N) is 1. The summed E-state index contributed by atoms with van der Waals surface area (Å²) in [4.78, 5) is 4.99. The van der Waals surface area contributed by atoms with Gasteiger partial charge in [0.25, 0.3) is 0 Å². The molecule has 100 valence electrons. The summed E-state index contributed by atoms with van der Waals surface area (Å²) in [7, 11) is 4.40. The summed E-state index contributed by atoms with van der Waals surface area (Å²) < 4.78 is 0. The zero-order valence-electron chi connectivity index (χ0n) is 11.8. The lowest BCUT2D eigenvalue weighted by molar-refractivity contribution is 0.241. The Morgan fingerprint density at radius 1 is 1.24 bits per heavy atom. The third-order valence-electron chi connectivity index (χ3n) is 4.84. The predicted molar refractivity (Wildman–Crippen MR) is 73.1 cm³/mol. The van der Waals surface area contributed by atoms with E-state index in [0.29, 0.717) is 0 Å². The van der Waals surface area contributed by atoms with Gasteiger partial charge in [-0.2, -0.15) is 0 Å². The van der Waals surface area contributed by atoms with Crippen molar-refractivity contribution < 1.29 is 0 Å². The summed E-state index contributed by atoms with van der Waals surface area (Å²) in [5, 5.41) is 0. The van der Waals surface area contributed by atoms with E-state index in [-0.39, 0.29) is 5.54 Å². The number of rotatable bonds is 4. The van der Waals surface area contributed by atoms with Gasteiger partial charge in [0.15, 0.2) is 0 Å². The summed E-state index contributed by atoms with van der Waals surface area (Å²) in [6, 6.07) is 0.729. The molecule has 1 saturated heterocycles. The number of nitrogens with zero attached hydrogens (tertiary/aromatic N) is 2. The van der Waals surface area contributed by atoms with Gasteiger partial charge in [-0.1, -0.05) is 19.8 Å². The van der Waals surface area contributed by atoms with Crippen LogP contribution in [0.2, 0.25) is 0 Å². The standard InChI is InChI=1S/C14H29N3/c1-12-10-17(11-13(12)16(2)3)9-8-14(15)6-4-5-7-14/h12-13H,4-11,15H2,1-3H3. The van der Waals surface area contributed by atoms with E-state index < -0.39 is 0 Å². The summed E-state index contributed by atoms with van der Waals surface area (Å²) in [5.41, 5.74) is 6.60. The number of hydrogen-bond donors (Lipinski definition) is 1. The number of likely N-dealkylation sites (tertiary alicyclic amines) is 1. The zero-order chi connectivity index (χ0) is 12.5. The largest absolute Gasteiger partial charge is 0.325 e. The summed E-state index contributed by atoms with van der Waals surface area (Å²) in [6.45, 7) is 6.05. The Labute approximate surface area is 106 Å². The highest BCUT2D eigenvalue weighted by molar-refractivity contribution is 4.92. The van der Waals surface area contributed by atoms with Crippen LogP contribution in [0.25, 0.3) is 0 Å². The van der Waals surface area contributed by atoms with Crippen molar-refractivity contribution in [1.82, 2.24) is 9.80 Å². The van der Waals surface area contributed by atoms with Gasteiger partial charge >= 0.3 is 0 Å². The second-order valence-corrected chi connectivity index (χ2v) is 6.59. The van der Waals surface area contributed by atoms with Crippen molar-refractivity contribution in [3.63, 3.8) is 0 Å². The van der Waals surface area contributed by atoms with Gasteiger partial charge in [-0.3, -0.25) is 0 Å². The molecule has 2 N–H and O–H groups in total. The molecule has 2 rings (SSSR count). The molecule has 2 aliphatic rings. The van der Waals surface area contributed by atoms with Crippen molar-refractivity contribution in [2.45, 2.75) is 50.6 Å². The lowest BCUT2D eigenvalue weighted by Crippen LogP contribution is -2.40. The van der Waals surface area contributed by atoms with Crippen molar-refractivity contribution in [2.75, 3.05) is 33.7 Å². The normalized spacial score (nSPS) is 33.7. The van der Waals surface area contributed by atoms with Crippen molar-refractivity contribution in [3.05, 3.63) is 0 Å². The Bertz CT molecular complexity index is 246. The van der Waals surface area contributed by atoms with Gasteiger partial charge in [0.05, 0.1) is 0 Å². The van der Waals surface area contributed by atoms with Gasteiger partial charge in [0.2, 0.25) is 0 Å². The SMILES string of the molecule is CC1CN(CCC2(N)CCCC2)CC1N(C)C. The minimum Gasteiger partial charge on any atom is -0.325 e. The van der Waals surface area contributed by atoms with Crippen LogP contribution in [0.3, 0.4) is 0 Å². The van der Waals surface area contributed by atoms with Crippen LogP contribution >= 0.6 is 0 Å². The molecule has 1 aliphatic carbocycles. The van der Waals surface area contributed by atoms with Crippen molar-refractivity contribution >= 4 is 0 Å². The molecule has 3 heteroatoms. The van der Waals surface area contributed by atoms with E-state index in [0.717, 1.165) is 12.0 Å². The van der Waals surface area contributed by atoms with Crippen LogP contribution in [0.4, 0.5) is 0 Å². The third-order valence-corrected chi connectivity index (χ3v) is 4.84. The molecule has 0 bridgehead atoms. The van der Waals surface area contributed by atoms with Gasteiger partial charge in [-0.15, -0.1) is 0 Å². The molecule has 1 saturated carbocycles. The molecule has 1 heterocycles. The Morgan fingerprint density at radius 2 is 1.88 bits per heavy atom. The molecule has 3 nitrogen and oxygen atoms in total. The number of hydrogen-bond acceptors (Lipinski definition) is 3. The molecule has 0 amide bonds. The van der Waals surface area contributed by atoms with Gasteiger partial charge < -0.3 is 15.5 Å². The highest BCUT2D eigenvalue weighted by atomic mass is 15.2. The summed E-state index contributed by atoms with van der Waals surface area (Å²) >= 11 is 0. The van der Waals surface area contributed by atoms with Crippen molar-refractivity contribution in [3.8, 4) is 0 Å². The highest BCUT2D eigenvalue weighted by Crippen LogP contribution is 2.31. The smallest absolute Gasteiger partial charge is 0.0254 e. The van der Waals surface area contributed by atoms with Crippen molar-refractivity contribution in [2.24, 2.45) is 11.7 Å². The first kappa shape index (κ1) is 13.3. The summed E-state index contributed by atoms with van der Waals surface area (Å²) in [6.07, 6.45) is 6.36. The minimum atomic E-state index is 0.166. The summed E-state index contributed by atoms with van der Waals surface area (Å²) in [5.74, 6) is 0.794. The number of likely N-dealkylation sites (N-methyl/N-ethyl adjacent to an activating group) is 1. The molecule has 17 heavy (non-hydrogen) atoms. The van der Waals surface area contributed by atoms with Crippen LogP contribution < -0.4 is 5.73 Å².